The summed E-state index contributed by atoms with van der Waals surface area (Å²) in [4.78, 5) is 70.6. The summed E-state index contributed by atoms with van der Waals surface area (Å²) in [5.74, 6) is 6.02. The van der Waals surface area contributed by atoms with Gasteiger partial charge in [0.25, 0.3) is 6.43 Å². The lowest BCUT2D eigenvalue weighted by molar-refractivity contribution is -0.134. The molecule has 3 atom stereocenters. The molecule has 3 unspecified atom stereocenters. The number of carbonyl (C=O) groups excluding carboxylic acids is 4. The Balaban J connectivity index is 0.944. The summed E-state index contributed by atoms with van der Waals surface area (Å²) in [5, 5.41) is 24.1. The molecule has 3 aromatic rings. The van der Waals surface area contributed by atoms with E-state index < -0.39 is 24.1 Å². The van der Waals surface area contributed by atoms with E-state index in [-0.39, 0.29) is 54.1 Å². The Morgan fingerprint density at radius 1 is 1.01 bits per heavy atom. The number of piperidine rings is 3. The highest BCUT2D eigenvalue weighted by Crippen LogP contribution is 2.38. The topological polar surface area (TPSA) is 206 Å². The number of hydrogen-bond donors (Lipinski definition) is 5. The molecule has 3 fully saturated rings. The number of para-hydroxylation sites is 1. The molecule has 67 heavy (non-hydrogen) atoms. The monoisotopic (exact) mass is 923 g/mol. The average Bonchev–Trinajstić information content (AvgIpc) is 3.58. The first-order chi connectivity index (χ1) is 32.2. The molecule has 7 rings (SSSR count). The van der Waals surface area contributed by atoms with Crippen molar-refractivity contribution in [1.29, 1.82) is 10.8 Å². The summed E-state index contributed by atoms with van der Waals surface area (Å²) in [7, 11) is 3.29. The Labute approximate surface area is 389 Å². The molecule has 0 spiro atoms. The molecule has 1 aromatic heterocycles. The summed E-state index contributed by atoms with van der Waals surface area (Å²) >= 11 is 0. The van der Waals surface area contributed by atoms with Crippen molar-refractivity contribution in [3.63, 3.8) is 0 Å². The molecule has 6 N–H and O–H groups in total. The second-order valence-electron chi connectivity index (χ2n) is 18.2. The molecule has 3 amide bonds. The zero-order valence-corrected chi connectivity index (χ0v) is 38.7. The number of carbonyl (C=O) groups is 4. The molecule has 0 saturated carbocycles. The molecule has 0 radical (unpaired) electrons. The van der Waals surface area contributed by atoms with Crippen LogP contribution in [-0.2, 0) is 32.6 Å². The van der Waals surface area contributed by atoms with Crippen molar-refractivity contribution in [1.82, 2.24) is 34.5 Å². The van der Waals surface area contributed by atoms with E-state index in [1.54, 1.807) is 37.2 Å². The van der Waals surface area contributed by atoms with Crippen molar-refractivity contribution in [3.05, 3.63) is 69.3 Å². The number of aldehydes is 1. The van der Waals surface area contributed by atoms with E-state index in [0.717, 1.165) is 57.0 Å². The number of anilines is 1. The van der Waals surface area contributed by atoms with Gasteiger partial charge in [0.2, 0.25) is 17.7 Å². The van der Waals surface area contributed by atoms with Crippen molar-refractivity contribution in [2.45, 2.75) is 89.3 Å². The summed E-state index contributed by atoms with van der Waals surface area (Å²) in [6, 6.07) is 7.61. The van der Waals surface area contributed by atoms with E-state index in [9.17, 15) is 38.2 Å². The smallest absolute Gasteiger partial charge is 0.329 e. The Kier molecular flexibility index (Phi) is 15.7. The number of nitrogens with zero attached hydrogens (tertiary/aromatic N) is 6. The number of aryl methyl sites for hydroxylation is 2. The van der Waals surface area contributed by atoms with Crippen molar-refractivity contribution in [2.24, 2.45) is 24.6 Å². The summed E-state index contributed by atoms with van der Waals surface area (Å²) in [5.41, 5.74) is 8.91. The predicted molar refractivity (Wildman–Crippen MR) is 254 cm³/mol. The summed E-state index contributed by atoms with van der Waals surface area (Å²) in [6.07, 6.45) is 5.80. The molecule has 5 heterocycles. The zero-order chi connectivity index (χ0) is 47.9. The lowest BCUT2D eigenvalue weighted by Gasteiger charge is -2.45. The number of nitrogens with two attached hydrogens (primary N) is 1. The number of halogens is 2. The summed E-state index contributed by atoms with van der Waals surface area (Å²) in [6.45, 7) is 5.86. The van der Waals surface area contributed by atoms with Crippen molar-refractivity contribution in [3.8, 4) is 11.8 Å². The maximum Gasteiger partial charge on any atom is 0.329 e. The van der Waals surface area contributed by atoms with Crippen LogP contribution in [0.5, 0.6) is 0 Å². The summed E-state index contributed by atoms with van der Waals surface area (Å²) < 4.78 is 32.0. The van der Waals surface area contributed by atoms with Crippen LogP contribution in [-0.4, -0.2) is 131 Å². The van der Waals surface area contributed by atoms with Crippen LogP contribution in [0.15, 0.2) is 41.3 Å². The number of alkyl halides is 2. The molecule has 0 aliphatic carbocycles. The molecular formula is C49H63F2N11O5. The van der Waals surface area contributed by atoms with E-state index in [1.165, 1.54) is 28.3 Å². The van der Waals surface area contributed by atoms with Gasteiger partial charge < -0.3 is 41.3 Å². The van der Waals surface area contributed by atoms with Gasteiger partial charge >= 0.3 is 5.69 Å². The largest absolute Gasteiger partial charge is 0.393 e. The molecule has 358 valence electrons. The van der Waals surface area contributed by atoms with Gasteiger partial charge in [0.1, 0.15) is 18.2 Å². The minimum Gasteiger partial charge on any atom is -0.393 e. The van der Waals surface area contributed by atoms with Gasteiger partial charge in [-0.25, -0.2) is 13.6 Å². The second kappa shape index (κ2) is 21.6. The number of hydrogen-bond acceptors (Lipinski definition) is 10. The molecule has 16 nitrogen and oxygen atoms in total. The third-order valence-corrected chi connectivity index (χ3v) is 14.0. The van der Waals surface area contributed by atoms with E-state index >= 15 is 0 Å². The van der Waals surface area contributed by atoms with Crippen molar-refractivity contribution in [2.75, 3.05) is 64.3 Å². The maximum absolute atomic E-state index is 14.6. The van der Waals surface area contributed by atoms with Crippen LogP contribution >= 0.6 is 0 Å². The average molecular weight is 924 g/mol. The van der Waals surface area contributed by atoms with E-state index in [0.29, 0.717) is 97.7 Å². The number of benzene rings is 2. The van der Waals surface area contributed by atoms with Crippen molar-refractivity contribution < 1.29 is 28.0 Å². The zero-order valence-electron chi connectivity index (χ0n) is 38.7. The Morgan fingerprint density at radius 3 is 2.40 bits per heavy atom. The number of amides is 3. The van der Waals surface area contributed by atoms with Crippen LogP contribution in [0.2, 0.25) is 0 Å². The van der Waals surface area contributed by atoms with Crippen LogP contribution in [0.3, 0.4) is 0 Å². The minimum absolute atomic E-state index is 0.0697. The minimum atomic E-state index is -2.78. The van der Waals surface area contributed by atoms with Crippen LogP contribution in [0.1, 0.15) is 93.0 Å². The van der Waals surface area contributed by atoms with Crippen LogP contribution in [0, 0.1) is 34.5 Å². The number of rotatable bonds is 14. The number of imidazole rings is 1. The Hall–Kier alpha value is -6.19. The fourth-order valence-corrected chi connectivity index (χ4v) is 10.4. The van der Waals surface area contributed by atoms with E-state index in [4.69, 9.17) is 11.1 Å². The van der Waals surface area contributed by atoms with Gasteiger partial charge in [-0.2, -0.15) is 0 Å². The second-order valence-corrected chi connectivity index (χ2v) is 18.2. The van der Waals surface area contributed by atoms with Gasteiger partial charge in [0, 0.05) is 113 Å². The van der Waals surface area contributed by atoms with Gasteiger partial charge in [-0.3, -0.25) is 33.8 Å². The highest BCUT2D eigenvalue weighted by molar-refractivity contribution is 6.09. The highest BCUT2D eigenvalue weighted by atomic mass is 19.3. The van der Waals surface area contributed by atoms with Gasteiger partial charge in [0.05, 0.1) is 23.1 Å². The SMILES string of the molecule is CN/C=C(\C=N)c1cc2c(cc1C(F)F)N(C(=N)C1CN(C(C)=O)CCC1NC1CCN(C(=O)CN3CCC(C#Cc4cccc5c4n(C)c(=O)n5C(CCC=O)C(N)=O)CC3)CC1)CCC2. The molecule has 4 aliphatic heterocycles. The van der Waals surface area contributed by atoms with Gasteiger partial charge in [-0.1, -0.05) is 17.9 Å². The molecule has 3 saturated heterocycles. The fourth-order valence-electron chi connectivity index (χ4n) is 10.4. The molecule has 0 bridgehead atoms. The van der Waals surface area contributed by atoms with Crippen molar-refractivity contribution >= 4 is 58.4 Å². The quantitative estimate of drug-likeness (QED) is 0.0690. The van der Waals surface area contributed by atoms with Crippen LogP contribution in [0.25, 0.3) is 16.6 Å². The Bertz CT molecular complexity index is 2530. The highest BCUT2D eigenvalue weighted by Gasteiger charge is 2.39. The molecule has 4 aliphatic rings. The number of nitrogens with one attached hydrogen (secondary N) is 4. The first kappa shape index (κ1) is 48.7. The van der Waals surface area contributed by atoms with E-state index in [2.05, 4.69) is 27.4 Å². The van der Waals surface area contributed by atoms with Crippen LogP contribution in [0.4, 0.5) is 14.5 Å². The maximum atomic E-state index is 14.6. The van der Waals surface area contributed by atoms with Crippen LogP contribution < -0.4 is 27.0 Å². The number of aromatic nitrogens is 2. The van der Waals surface area contributed by atoms with Gasteiger partial charge in [-0.15, -0.1) is 0 Å². The normalized spacial score (nSPS) is 20.3. The fraction of sp³-hybridized carbons (Fsp3) is 0.531. The number of primary amides is 1. The lowest BCUT2D eigenvalue weighted by Crippen LogP contribution is -2.59. The first-order valence-corrected chi connectivity index (χ1v) is 23.4. The molecule has 18 heteroatoms. The van der Waals surface area contributed by atoms with Gasteiger partial charge in [-0.05, 0) is 99.8 Å². The predicted octanol–water partition coefficient (Wildman–Crippen LogP) is 3.80. The first-order valence-electron chi connectivity index (χ1n) is 23.4. The molecular weight excluding hydrogens is 861 g/mol. The number of fused-ring (bicyclic) bond motifs is 2. The third-order valence-electron chi connectivity index (χ3n) is 14.0. The number of amidine groups is 1. The van der Waals surface area contributed by atoms with Gasteiger partial charge in [0.15, 0.2) is 0 Å². The number of allylic oxidation sites excluding steroid dienone is 1. The molecule has 2 aromatic carbocycles. The Morgan fingerprint density at radius 2 is 1.75 bits per heavy atom. The lowest BCUT2D eigenvalue weighted by atomic mass is 9.86. The third kappa shape index (κ3) is 10.7. The number of likely N-dealkylation sites (tertiary alicyclic amines) is 3. The standard InChI is InChI=1S/C49H63F2N11O5/c1-31(64)60-23-17-40(39(29-60)47(53)61-18-5-8-34-25-37(35(27-52)28-55-2)38(46(50)51)26-43(34)61)56-36-15-21-59(22-16-36)44(65)30-58-19-13-32(14-20-58)11-12-33-7-4-9-41-45(33)57(3)49(67)62(41)42(48(54)66)10-6-24-63/h4,7,9,24-28,32,36,39-40,42,46,52-53,55-56H,5-6,8,10,13-23,29-30H2,1-3H3,(H2,54,66)/b35-28+,52-27?,53-47?. The van der Waals surface area contributed by atoms with E-state index in [1.807, 2.05) is 15.9 Å².